The third-order valence-electron chi connectivity index (χ3n) is 6.94. The SMILES string of the molecule is COc1ccc2cc(C(C)C(=O)OC(=O)OCCC(C)(C)OCCOC(C)(C)CCOC(=O)c3cccnc3)ccc2c1. The van der Waals surface area contributed by atoms with Gasteiger partial charge >= 0.3 is 18.1 Å². The van der Waals surface area contributed by atoms with Crippen LogP contribution in [0.25, 0.3) is 10.8 Å². The van der Waals surface area contributed by atoms with E-state index in [4.69, 9.17) is 28.4 Å². The summed E-state index contributed by atoms with van der Waals surface area (Å²) in [7, 11) is 1.61. The van der Waals surface area contributed by atoms with Crippen molar-refractivity contribution >= 4 is 28.9 Å². The molecule has 43 heavy (non-hydrogen) atoms. The summed E-state index contributed by atoms with van der Waals surface area (Å²) in [6, 6.07) is 14.6. The molecule has 0 spiro atoms. The smallest absolute Gasteiger partial charge is 0.497 e. The van der Waals surface area contributed by atoms with E-state index in [0.29, 0.717) is 31.6 Å². The van der Waals surface area contributed by atoms with Crippen LogP contribution in [0, 0.1) is 0 Å². The number of ether oxygens (including phenoxy) is 6. The van der Waals surface area contributed by atoms with Gasteiger partial charge in [0.05, 0.1) is 56.2 Å². The molecule has 3 rings (SSSR count). The van der Waals surface area contributed by atoms with Gasteiger partial charge in [-0.2, -0.15) is 0 Å². The van der Waals surface area contributed by atoms with Gasteiger partial charge in [0.1, 0.15) is 5.75 Å². The molecule has 0 saturated carbocycles. The minimum Gasteiger partial charge on any atom is -0.497 e. The fourth-order valence-corrected chi connectivity index (χ4v) is 4.09. The molecule has 232 valence electrons. The van der Waals surface area contributed by atoms with Crippen LogP contribution in [0.15, 0.2) is 60.9 Å². The van der Waals surface area contributed by atoms with Gasteiger partial charge in [-0.3, -0.25) is 9.78 Å². The summed E-state index contributed by atoms with van der Waals surface area (Å²) in [5.41, 5.74) is -0.0167. The van der Waals surface area contributed by atoms with E-state index in [1.54, 1.807) is 32.4 Å². The van der Waals surface area contributed by atoms with Crippen molar-refractivity contribution in [3.8, 4) is 5.75 Å². The number of hydrogen-bond donors (Lipinski definition) is 0. The van der Waals surface area contributed by atoms with E-state index in [9.17, 15) is 14.4 Å². The first-order chi connectivity index (χ1) is 20.4. The van der Waals surface area contributed by atoms with Gasteiger partial charge in [0, 0.05) is 25.2 Å². The molecule has 0 fully saturated rings. The first-order valence-electron chi connectivity index (χ1n) is 14.2. The van der Waals surface area contributed by atoms with Gasteiger partial charge in [-0.15, -0.1) is 0 Å². The zero-order valence-electron chi connectivity index (χ0n) is 25.7. The second kappa shape index (κ2) is 15.5. The summed E-state index contributed by atoms with van der Waals surface area (Å²) in [6.07, 6.45) is 2.89. The van der Waals surface area contributed by atoms with Crippen LogP contribution in [0.4, 0.5) is 4.79 Å². The maximum Gasteiger partial charge on any atom is 0.516 e. The number of rotatable bonds is 15. The van der Waals surface area contributed by atoms with Gasteiger partial charge in [0.25, 0.3) is 0 Å². The molecule has 3 aromatic rings. The molecular formula is C33H41NO9. The van der Waals surface area contributed by atoms with Gasteiger partial charge in [-0.1, -0.05) is 24.3 Å². The molecule has 0 radical (unpaired) electrons. The first-order valence-corrected chi connectivity index (χ1v) is 14.2. The van der Waals surface area contributed by atoms with Crippen molar-refractivity contribution in [1.82, 2.24) is 4.98 Å². The predicted molar refractivity (Wildman–Crippen MR) is 160 cm³/mol. The zero-order chi connectivity index (χ0) is 31.5. The van der Waals surface area contributed by atoms with Crippen LogP contribution in [-0.2, 0) is 28.5 Å². The van der Waals surface area contributed by atoms with Gasteiger partial charge in [-0.05, 0) is 75.2 Å². The van der Waals surface area contributed by atoms with Crippen molar-refractivity contribution in [2.75, 3.05) is 33.5 Å². The molecule has 0 bridgehead atoms. The second-order valence-electron chi connectivity index (χ2n) is 11.3. The summed E-state index contributed by atoms with van der Waals surface area (Å²) in [4.78, 5) is 40.7. The zero-order valence-corrected chi connectivity index (χ0v) is 25.7. The Morgan fingerprint density at radius 2 is 1.44 bits per heavy atom. The van der Waals surface area contributed by atoms with Crippen LogP contribution in [-0.4, -0.2) is 67.8 Å². The summed E-state index contributed by atoms with van der Waals surface area (Å²) in [6.45, 7) is 10.1. The number of fused-ring (bicyclic) bond motifs is 1. The molecule has 10 nitrogen and oxygen atoms in total. The molecule has 10 heteroatoms. The molecule has 0 aliphatic carbocycles. The third-order valence-corrected chi connectivity index (χ3v) is 6.94. The standard InChI is InChI=1S/C33H41NO9/c1-23(24-9-10-26-21-28(38-6)12-11-25(26)20-24)29(35)43-31(37)40-17-14-33(4,5)42-19-18-41-32(2,3)13-16-39-30(36)27-8-7-15-34-22-27/h7-12,15,20-23H,13-14,16-19H2,1-6H3. The van der Waals surface area contributed by atoms with Gasteiger partial charge in [-0.25, -0.2) is 9.59 Å². The van der Waals surface area contributed by atoms with E-state index < -0.39 is 35.2 Å². The molecule has 0 saturated heterocycles. The Kier molecular flexibility index (Phi) is 12.0. The van der Waals surface area contributed by atoms with E-state index in [-0.39, 0.29) is 13.2 Å². The highest BCUT2D eigenvalue weighted by atomic mass is 16.7. The van der Waals surface area contributed by atoms with Crippen molar-refractivity contribution in [1.29, 1.82) is 0 Å². The molecule has 0 N–H and O–H groups in total. The Hall–Kier alpha value is -4.02. The van der Waals surface area contributed by atoms with E-state index in [2.05, 4.69) is 4.98 Å². The molecule has 1 atom stereocenters. The lowest BCUT2D eigenvalue weighted by Crippen LogP contribution is -2.32. The highest BCUT2D eigenvalue weighted by Crippen LogP contribution is 2.26. The van der Waals surface area contributed by atoms with Gasteiger partial charge < -0.3 is 28.4 Å². The summed E-state index contributed by atoms with van der Waals surface area (Å²) < 4.78 is 32.4. The number of methoxy groups -OCH3 is 1. The minimum absolute atomic E-state index is 0.0138. The molecule has 0 aliphatic rings. The Balaban J connectivity index is 1.32. The average Bonchev–Trinajstić information content (AvgIpc) is 2.98. The monoisotopic (exact) mass is 595 g/mol. The summed E-state index contributed by atoms with van der Waals surface area (Å²) in [5.74, 6) is -1.03. The van der Waals surface area contributed by atoms with Crippen molar-refractivity contribution < 1.29 is 42.8 Å². The highest BCUT2D eigenvalue weighted by molar-refractivity contribution is 5.90. The number of nitrogens with zero attached hydrogens (tertiary/aromatic N) is 1. The highest BCUT2D eigenvalue weighted by Gasteiger charge is 2.24. The molecule has 0 aliphatic heterocycles. The van der Waals surface area contributed by atoms with E-state index in [0.717, 1.165) is 22.1 Å². The maximum absolute atomic E-state index is 12.6. The van der Waals surface area contributed by atoms with E-state index in [1.165, 1.54) is 6.20 Å². The average molecular weight is 596 g/mol. The lowest BCUT2D eigenvalue weighted by atomic mass is 9.98. The fourth-order valence-electron chi connectivity index (χ4n) is 4.09. The van der Waals surface area contributed by atoms with Gasteiger partial charge in [0.15, 0.2) is 0 Å². The number of benzene rings is 2. The Morgan fingerprint density at radius 3 is 2.07 bits per heavy atom. The predicted octanol–water partition coefficient (Wildman–Crippen LogP) is 6.25. The number of aromatic nitrogens is 1. The molecule has 2 aromatic carbocycles. The Bertz CT molecular complexity index is 1370. The van der Waals surface area contributed by atoms with Crippen LogP contribution < -0.4 is 4.74 Å². The Morgan fingerprint density at radius 1 is 0.814 bits per heavy atom. The summed E-state index contributed by atoms with van der Waals surface area (Å²) >= 11 is 0. The number of carbonyl (C=O) groups excluding carboxylic acids is 3. The van der Waals surface area contributed by atoms with Crippen molar-refractivity contribution in [3.05, 3.63) is 72.1 Å². The number of esters is 2. The van der Waals surface area contributed by atoms with Crippen molar-refractivity contribution in [2.45, 2.75) is 64.6 Å². The lowest BCUT2D eigenvalue weighted by molar-refractivity contribution is -0.141. The van der Waals surface area contributed by atoms with Crippen molar-refractivity contribution in [2.24, 2.45) is 0 Å². The number of hydrogen-bond acceptors (Lipinski definition) is 10. The lowest BCUT2D eigenvalue weighted by Gasteiger charge is -2.28. The molecule has 1 aromatic heterocycles. The maximum atomic E-state index is 12.6. The molecular weight excluding hydrogens is 554 g/mol. The van der Waals surface area contributed by atoms with Gasteiger partial charge in [0.2, 0.25) is 0 Å². The number of pyridine rings is 1. The fraction of sp³-hybridized carbons (Fsp3) is 0.455. The molecule has 1 unspecified atom stereocenters. The van der Waals surface area contributed by atoms with Crippen LogP contribution in [0.5, 0.6) is 5.75 Å². The molecule has 0 amide bonds. The normalized spacial score (nSPS) is 12.4. The quantitative estimate of drug-likeness (QED) is 0.113. The Labute approximate surface area is 252 Å². The first kappa shape index (κ1) is 33.5. The third kappa shape index (κ3) is 11.0. The second-order valence-corrected chi connectivity index (χ2v) is 11.3. The van der Waals surface area contributed by atoms with Crippen LogP contribution in [0.3, 0.4) is 0 Å². The van der Waals surface area contributed by atoms with Crippen LogP contribution >= 0.6 is 0 Å². The molecule has 1 heterocycles. The van der Waals surface area contributed by atoms with E-state index in [1.807, 2.05) is 64.1 Å². The largest absolute Gasteiger partial charge is 0.516 e. The topological polar surface area (TPSA) is 119 Å². The van der Waals surface area contributed by atoms with Crippen LogP contribution in [0.2, 0.25) is 0 Å². The minimum atomic E-state index is -1.05. The van der Waals surface area contributed by atoms with Crippen molar-refractivity contribution in [3.63, 3.8) is 0 Å². The summed E-state index contributed by atoms with van der Waals surface area (Å²) in [5, 5.41) is 1.92. The number of carbonyl (C=O) groups is 3. The van der Waals surface area contributed by atoms with Crippen LogP contribution in [0.1, 0.15) is 69.3 Å². The van der Waals surface area contributed by atoms with E-state index >= 15 is 0 Å².